The van der Waals surface area contributed by atoms with Crippen LogP contribution < -0.4 is 5.32 Å². The van der Waals surface area contributed by atoms with Gasteiger partial charge in [0, 0.05) is 5.56 Å². The zero-order valence-corrected chi connectivity index (χ0v) is 9.23. The molecule has 0 saturated carbocycles. The summed E-state index contributed by atoms with van der Waals surface area (Å²) in [5.74, 6) is 0.0291. The second-order valence-corrected chi connectivity index (χ2v) is 3.55. The molecule has 0 fully saturated rings. The molecule has 0 radical (unpaired) electrons. The minimum atomic E-state index is -4.72. The maximum atomic E-state index is 12.0. The fraction of sp³-hybridized carbons (Fsp3) is 0.444. The Hall–Kier alpha value is -1.90. The molecule has 1 unspecified atom stereocenters. The average Bonchev–Trinajstić information content (AvgIpc) is 2.24. The van der Waals surface area contributed by atoms with Crippen LogP contribution in [0.15, 0.2) is 12.3 Å². The standard InChI is InChI=1S/C9H10F3N3O3/c1-5-2-8(13-3-6(5)15(17)18)14-4-7(16)9(10,11)12/h2-3,7,16H,4H2,1H3,(H,13,14). The van der Waals surface area contributed by atoms with Crippen LogP contribution in [-0.2, 0) is 0 Å². The largest absolute Gasteiger partial charge is 0.416 e. The molecule has 1 aromatic rings. The average molecular weight is 265 g/mol. The number of hydrogen-bond donors (Lipinski definition) is 2. The van der Waals surface area contributed by atoms with E-state index in [1.807, 2.05) is 0 Å². The highest BCUT2D eigenvalue weighted by molar-refractivity contribution is 5.46. The summed E-state index contributed by atoms with van der Waals surface area (Å²) in [6.45, 7) is 0.666. The maximum Gasteiger partial charge on any atom is 0.416 e. The molecular weight excluding hydrogens is 255 g/mol. The number of rotatable bonds is 4. The van der Waals surface area contributed by atoms with Crippen LogP contribution in [0.25, 0.3) is 0 Å². The van der Waals surface area contributed by atoms with E-state index in [1.165, 1.54) is 13.0 Å². The Morgan fingerprint density at radius 2 is 2.22 bits per heavy atom. The number of nitro groups is 1. The number of hydrogen-bond acceptors (Lipinski definition) is 5. The summed E-state index contributed by atoms with van der Waals surface area (Å²) in [5.41, 5.74) is 0.0379. The summed E-state index contributed by atoms with van der Waals surface area (Å²) in [6, 6.07) is 1.24. The number of alkyl halides is 3. The first kappa shape index (κ1) is 14.2. The third-order valence-corrected chi connectivity index (χ3v) is 2.13. The van der Waals surface area contributed by atoms with Gasteiger partial charge in [0.1, 0.15) is 12.0 Å². The summed E-state index contributed by atoms with van der Waals surface area (Å²) in [6.07, 6.45) is -6.30. The second-order valence-electron chi connectivity index (χ2n) is 3.55. The Balaban J connectivity index is 2.70. The monoisotopic (exact) mass is 265 g/mol. The van der Waals surface area contributed by atoms with Gasteiger partial charge in [0.25, 0.3) is 5.69 Å². The van der Waals surface area contributed by atoms with E-state index in [0.717, 1.165) is 6.20 Å². The predicted molar refractivity (Wildman–Crippen MR) is 56.2 cm³/mol. The van der Waals surface area contributed by atoms with Crippen LogP contribution in [0.2, 0.25) is 0 Å². The van der Waals surface area contributed by atoms with Crippen LogP contribution in [-0.4, -0.2) is 33.8 Å². The third kappa shape index (κ3) is 3.55. The van der Waals surface area contributed by atoms with E-state index in [-0.39, 0.29) is 17.1 Å². The Morgan fingerprint density at radius 1 is 1.61 bits per heavy atom. The van der Waals surface area contributed by atoms with Gasteiger partial charge in [0.05, 0.1) is 11.5 Å². The summed E-state index contributed by atoms with van der Waals surface area (Å²) in [4.78, 5) is 13.4. The van der Waals surface area contributed by atoms with Crippen molar-refractivity contribution in [3.8, 4) is 0 Å². The van der Waals surface area contributed by atoms with Crippen LogP contribution in [0.1, 0.15) is 5.56 Å². The van der Waals surface area contributed by atoms with Crippen LogP contribution in [0.5, 0.6) is 0 Å². The minimum absolute atomic E-state index is 0.0291. The van der Waals surface area contributed by atoms with E-state index in [0.29, 0.717) is 0 Å². The van der Waals surface area contributed by atoms with E-state index >= 15 is 0 Å². The molecule has 9 heteroatoms. The number of nitrogens with one attached hydrogen (secondary N) is 1. The van der Waals surface area contributed by atoms with Gasteiger partial charge >= 0.3 is 6.18 Å². The lowest BCUT2D eigenvalue weighted by molar-refractivity contribution is -0.385. The Morgan fingerprint density at radius 3 is 2.67 bits per heavy atom. The highest BCUT2D eigenvalue weighted by Gasteiger charge is 2.37. The smallest absolute Gasteiger partial charge is 0.382 e. The molecule has 6 nitrogen and oxygen atoms in total. The molecule has 1 aromatic heterocycles. The SMILES string of the molecule is Cc1cc(NCC(O)C(F)(F)F)ncc1[N+](=O)[O-]. The first-order chi connectivity index (χ1) is 8.21. The van der Waals surface area contributed by atoms with Crippen LogP contribution in [0, 0.1) is 17.0 Å². The van der Waals surface area contributed by atoms with E-state index in [2.05, 4.69) is 10.3 Å². The quantitative estimate of drug-likeness (QED) is 0.638. The predicted octanol–water partition coefficient (Wildman–Crippen LogP) is 1.63. The van der Waals surface area contributed by atoms with E-state index < -0.39 is 23.7 Å². The molecule has 0 aliphatic heterocycles. The molecule has 100 valence electrons. The van der Waals surface area contributed by atoms with Crippen molar-refractivity contribution in [1.82, 2.24) is 4.98 Å². The summed E-state index contributed by atoms with van der Waals surface area (Å²) < 4.78 is 36.0. The Labute approximate surface area is 99.6 Å². The van der Waals surface area contributed by atoms with Gasteiger partial charge in [-0.05, 0) is 13.0 Å². The number of aliphatic hydroxyl groups is 1. The van der Waals surface area contributed by atoms with Gasteiger partial charge in [-0.3, -0.25) is 10.1 Å². The van der Waals surface area contributed by atoms with Crippen molar-refractivity contribution in [2.24, 2.45) is 0 Å². The maximum absolute atomic E-state index is 12.0. The van der Waals surface area contributed by atoms with Gasteiger partial charge in [-0.15, -0.1) is 0 Å². The highest BCUT2D eigenvalue weighted by Crippen LogP contribution is 2.22. The van der Waals surface area contributed by atoms with Crippen molar-refractivity contribution in [2.75, 3.05) is 11.9 Å². The molecule has 2 N–H and O–H groups in total. The number of pyridine rings is 1. The van der Waals surface area contributed by atoms with Crippen molar-refractivity contribution >= 4 is 11.5 Å². The van der Waals surface area contributed by atoms with Crippen molar-refractivity contribution in [1.29, 1.82) is 0 Å². The highest BCUT2D eigenvalue weighted by atomic mass is 19.4. The lowest BCUT2D eigenvalue weighted by Crippen LogP contribution is -2.35. The van der Waals surface area contributed by atoms with Crippen molar-refractivity contribution in [3.63, 3.8) is 0 Å². The third-order valence-electron chi connectivity index (χ3n) is 2.13. The van der Waals surface area contributed by atoms with Crippen molar-refractivity contribution in [3.05, 3.63) is 27.9 Å². The molecule has 0 aliphatic rings. The van der Waals surface area contributed by atoms with Crippen LogP contribution in [0.4, 0.5) is 24.7 Å². The zero-order valence-electron chi connectivity index (χ0n) is 9.23. The number of aromatic nitrogens is 1. The molecule has 0 amide bonds. The Bertz CT molecular complexity index is 450. The summed E-state index contributed by atoms with van der Waals surface area (Å²) in [5, 5.41) is 21.5. The normalized spacial score (nSPS) is 13.2. The van der Waals surface area contributed by atoms with Crippen LogP contribution >= 0.6 is 0 Å². The van der Waals surface area contributed by atoms with Crippen molar-refractivity contribution in [2.45, 2.75) is 19.2 Å². The number of nitrogens with zero attached hydrogens (tertiary/aromatic N) is 2. The second kappa shape index (κ2) is 5.17. The topological polar surface area (TPSA) is 88.3 Å². The molecular formula is C9H10F3N3O3. The molecule has 0 saturated heterocycles. The molecule has 1 rings (SSSR count). The molecule has 0 bridgehead atoms. The van der Waals surface area contributed by atoms with Gasteiger partial charge < -0.3 is 10.4 Å². The van der Waals surface area contributed by atoms with Gasteiger partial charge in [0.15, 0.2) is 6.10 Å². The summed E-state index contributed by atoms with van der Waals surface area (Å²) >= 11 is 0. The Kier molecular flexibility index (Phi) is 4.07. The van der Waals surface area contributed by atoms with Gasteiger partial charge in [-0.2, -0.15) is 13.2 Å². The summed E-state index contributed by atoms with van der Waals surface area (Å²) in [7, 11) is 0. The number of halogens is 3. The molecule has 1 heterocycles. The lowest BCUT2D eigenvalue weighted by Gasteiger charge is -2.15. The van der Waals surface area contributed by atoms with Crippen LogP contribution in [0.3, 0.4) is 0 Å². The molecule has 0 spiro atoms. The first-order valence-electron chi connectivity index (χ1n) is 4.81. The fourth-order valence-electron chi connectivity index (χ4n) is 1.15. The van der Waals surface area contributed by atoms with E-state index in [9.17, 15) is 23.3 Å². The number of aliphatic hydroxyl groups excluding tert-OH is 1. The van der Waals surface area contributed by atoms with Gasteiger partial charge in [0.2, 0.25) is 0 Å². The number of anilines is 1. The molecule has 0 aromatic carbocycles. The van der Waals surface area contributed by atoms with E-state index in [4.69, 9.17) is 5.11 Å². The van der Waals surface area contributed by atoms with E-state index in [1.54, 1.807) is 0 Å². The zero-order chi connectivity index (χ0) is 13.9. The fourth-order valence-corrected chi connectivity index (χ4v) is 1.15. The number of aryl methyl sites for hydroxylation is 1. The molecule has 0 aliphatic carbocycles. The van der Waals surface area contributed by atoms with Gasteiger partial charge in [-0.1, -0.05) is 0 Å². The molecule has 1 atom stereocenters. The first-order valence-corrected chi connectivity index (χ1v) is 4.81. The van der Waals surface area contributed by atoms with Gasteiger partial charge in [-0.25, -0.2) is 4.98 Å². The lowest BCUT2D eigenvalue weighted by atomic mass is 10.2. The molecule has 18 heavy (non-hydrogen) atoms. The minimum Gasteiger partial charge on any atom is -0.382 e. The van der Waals surface area contributed by atoms with Crippen molar-refractivity contribution < 1.29 is 23.2 Å².